The molecule has 8 heteroatoms. The lowest BCUT2D eigenvalue weighted by molar-refractivity contribution is -0.0861. The van der Waals surface area contributed by atoms with Crippen LogP contribution in [0.3, 0.4) is 0 Å². The van der Waals surface area contributed by atoms with Gasteiger partial charge in [0, 0.05) is 19.6 Å². The van der Waals surface area contributed by atoms with Crippen molar-refractivity contribution in [2.24, 2.45) is 5.92 Å². The fourth-order valence-electron chi connectivity index (χ4n) is 5.07. The Morgan fingerprint density at radius 2 is 2.00 bits per heavy atom. The molecule has 2 aromatic heterocycles. The van der Waals surface area contributed by atoms with Gasteiger partial charge in [-0.3, -0.25) is 19.1 Å². The molecule has 2 aliphatic heterocycles. The highest BCUT2D eigenvalue weighted by Gasteiger charge is 2.43. The Morgan fingerprint density at radius 1 is 1.14 bits per heavy atom. The molecule has 0 radical (unpaired) electrons. The van der Waals surface area contributed by atoms with Crippen molar-refractivity contribution in [2.75, 3.05) is 13.1 Å². The zero-order chi connectivity index (χ0) is 19.8. The molecule has 5 rings (SSSR count). The molecule has 2 fully saturated rings. The highest BCUT2D eigenvalue weighted by Crippen LogP contribution is 2.32. The van der Waals surface area contributed by atoms with E-state index < -0.39 is 16.7 Å². The fourth-order valence-corrected chi connectivity index (χ4v) is 5.07. The molecule has 29 heavy (non-hydrogen) atoms. The molecule has 2 aromatic rings. The number of likely N-dealkylation sites (tertiary alicyclic amines) is 1. The number of hydrogen-bond donors (Lipinski definition) is 0. The van der Waals surface area contributed by atoms with Gasteiger partial charge in [0.2, 0.25) is 0 Å². The van der Waals surface area contributed by atoms with Crippen molar-refractivity contribution in [1.82, 2.24) is 19.2 Å². The maximum absolute atomic E-state index is 12.9. The number of fused-ring (bicyclic) bond motifs is 1. The third-order valence-corrected chi connectivity index (χ3v) is 6.67. The van der Waals surface area contributed by atoms with Crippen LogP contribution in [0.4, 0.5) is 0 Å². The second-order valence-electron chi connectivity index (χ2n) is 8.81. The number of furan rings is 1. The Bertz CT molecular complexity index is 974. The maximum Gasteiger partial charge on any atom is 0.332 e. The molecule has 1 aliphatic carbocycles. The van der Waals surface area contributed by atoms with Gasteiger partial charge in [-0.2, -0.15) is 5.10 Å². The summed E-state index contributed by atoms with van der Waals surface area (Å²) < 4.78 is 14.6. The summed E-state index contributed by atoms with van der Waals surface area (Å²) in [5, 5.41) is 4.52. The molecule has 156 valence electrons. The summed E-state index contributed by atoms with van der Waals surface area (Å²) in [7, 11) is 0. The lowest BCUT2D eigenvalue weighted by atomic mass is 9.89. The summed E-state index contributed by atoms with van der Waals surface area (Å²) in [5.41, 5.74) is -1.40. The van der Waals surface area contributed by atoms with Crippen LogP contribution in [0.25, 0.3) is 0 Å². The number of nitrogens with zero attached hydrogens (tertiary/aromatic N) is 4. The molecular formula is C21H28N4O4. The minimum absolute atomic E-state index is 0.273. The Balaban J connectivity index is 1.33. The first-order chi connectivity index (χ1) is 14.1. The largest absolute Gasteiger partial charge is 0.468 e. The van der Waals surface area contributed by atoms with E-state index in [0.717, 1.165) is 38.1 Å². The van der Waals surface area contributed by atoms with E-state index in [1.54, 1.807) is 10.8 Å². The molecule has 1 atom stereocenters. The van der Waals surface area contributed by atoms with Crippen LogP contribution >= 0.6 is 0 Å². The van der Waals surface area contributed by atoms with Gasteiger partial charge in [0.05, 0.1) is 19.4 Å². The van der Waals surface area contributed by atoms with E-state index in [9.17, 15) is 9.59 Å². The van der Waals surface area contributed by atoms with Gasteiger partial charge in [-0.15, -0.1) is 0 Å². The van der Waals surface area contributed by atoms with E-state index in [4.69, 9.17) is 9.15 Å². The van der Waals surface area contributed by atoms with Crippen LogP contribution in [0, 0.1) is 5.92 Å². The smallest absolute Gasteiger partial charge is 0.332 e. The average Bonchev–Trinajstić information content (AvgIpc) is 3.38. The van der Waals surface area contributed by atoms with Gasteiger partial charge in [-0.1, -0.05) is 19.3 Å². The van der Waals surface area contributed by atoms with Crippen LogP contribution in [0.5, 0.6) is 0 Å². The summed E-state index contributed by atoms with van der Waals surface area (Å²) in [6.07, 6.45) is 8.38. The van der Waals surface area contributed by atoms with Crippen LogP contribution in [-0.4, -0.2) is 37.9 Å². The first-order valence-electron chi connectivity index (χ1n) is 10.7. The molecule has 0 N–H and O–H groups in total. The van der Waals surface area contributed by atoms with E-state index in [-0.39, 0.29) is 6.61 Å². The molecule has 1 spiro atoms. The number of hydrogen-bond acceptors (Lipinski definition) is 6. The summed E-state index contributed by atoms with van der Waals surface area (Å²) in [5.74, 6) is 1.93. The lowest BCUT2D eigenvalue weighted by Crippen LogP contribution is -2.53. The monoisotopic (exact) mass is 400 g/mol. The molecule has 8 nitrogen and oxygen atoms in total. The summed E-state index contributed by atoms with van der Waals surface area (Å²) in [4.78, 5) is 27.8. The molecule has 0 aromatic carbocycles. The molecule has 4 heterocycles. The van der Waals surface area contributed by atoms with Crippen LogP contribution in [0.15, 0.2) is 32.4 Å². The summed E-state index contributed by atoms with van der Waals surface area (Å²) in [6, 6.07) is 3.85. The zero-order valence-corrected chi connectivity index (χ0v) is 16.7. The predicted octanol–water partition coefficient (Wildman–Crippen LogP) is 1.75. The molecule has 3 aliphatic rings. The van der Waals surface area contributed by atoms with Crippen molar-refractivity contribution in [2.45, 2.75) is 70.4 Å². The van der Waals surface area contributed by atoms with Gasteiger partial charge >= 0.3 is 11.1 Å². The van der Waals surface area contributed by atoms with Crippen molar-refractivity contribution in [3.63, 3.8) is 0 Å². The van der Waals surface area contributed by atoms with Crippen molar-refractivity contribution in [3.05, 3.63) is 50.7 Å². The lowest BCUT2D eigenvalue weighted by Gasteiger charge is -2.35. The third-order valence-electron chi connectivity index (χ3n) is 6.67. The molecule has 1 saturated heterocycles. The van der Waals surface area contributed by atoms with Crippen LogP contribution < -0.4 is 11.1 Å². The minimum atomic E-state index is -0.498. The highest BCUT2D eigenvalue weighted by molar-refractivity contribution is 5.04. The molecule has 0 unspecified atom stereocenters. The Labute approximate surface area is 169 Å². The first kappa shape index (κ1) is 18.8. The standard InChI is InChI=1S/C21H28N4O4/c26-19-20(27)25(11-16-5-2-1-3-6-16)22-18-13-29-21(15-24(18)19)8-9-23(14-21)12-17-7-4-10-28-17/h4,7,10,16H,1-3,5-6,8-9,11-15H2/t21-/m0/s1. The van der Waals surface area contributed by atoms with Crippen LogP contribution in [0.1, 0.15) is 50.1 Å². The van der Waals surface area contributed by atoms with Gasteiger partial charge in [-0.25, -0.2) is 4.68 Å². The fraction of sp³-hybridized carbons (Fsp3) is 0.667. The molecule has 1 saturated carbocycles. The maximum atomic E-state index is 12.9. The van der Waals surface area contributed by atoms with Crippen LogP contribution in [0.2, 0.25) is 0 Å². The van der Waals surface area contributed by atoms with Gasteiger partial charge < -0.3 is 9.15 Å². The van der Waals surface area contributed by atoms with E-state index in [0.29, 0.717) is 31.4 Å². The van der Waals surface area contributed by atoms with Gasteiger partial charge in [0.15, 0.2) is 5.82 Å². The summed E-state index contributed by atoms with van der Waals surface area (Å²) in [6.45, 7) is 3.52. The molecule has 0 bridgehead atoms. The topological polar surface area (TPSA) is 82.5 Å². The minimum Gasteiger partial charge on any atom is -0.468 e. The van der Waals surface area contributed by atoms with Crippen LogP contribution in [-0.2, 0) is 31.0 Å². The van der Waals surface area contributed by atoms with E-state index in [2.05, 4.69) is 10.00 Å². The Kier molecular flexibility index (Phi) is 4.91. The van der Waals surface area contributed by atoms with E-state index in [1.807, 2.05) is 12.1 Å². The summed E-state index contributed by atoms with van der Waals surface area (Å²) >= 11 is 0. The quantitative estimate of drug-likeness (QED) is 0.728. The van der Waals surface area contributed by atoms with Gasteiger partial charge in [-0.05, 0) is 37.3 Å². The number of ether oxygens (including phenoxy) is 1. The number of rotatable bonds is 4. The Morgan fingerprint density at radius 3 is 2.79 bits per heavy atom. The zero-order valence-electron chi connectivity index (χ0n) is 16.7. The predicted molar refractivity (Wildman–Crippen MR) is 105 cm³/mol. The van der Waals surface area contributed by atoms with Crippen molar-refractivity contribution < 1.29 is 9.15 Å². The van der Waals surface area contributed by atoms with E-state index in [1.165, 1.54) is 23.9 Å². The number of aromatic nitrogens is 3. The van der Waals surface area contributed by atoms with Gasteiger partial charge in [0.1, 0.15) is 18.0 Å². The normalized spacial score (nSPS) is 25.5. The molecule has 0 amide bonds. The van der Waals surface area contributed by atoms with E-state index >= 15 is 0 Å². The Hall–Kier alpha value is -2.19. The SMILES string of the molecule is O=c1c(=O)n2c(nn1CC1CCCCC1)CO[C@]1(CCN(Cc3ccco3)C1)C2. The van der Waals surface area contributed by atoms with Crippen molar-refractivity contribution >= 4 is 0 Å². The highest BCUT2D eigenvalue weighted by atomic mass is 16.5. The second kappa shape index (κ2) is 7.57. The first-order valence-corrected chi connectivity index (χ1v) is 10.7. The third kappa shape index (κ3) is 3.71. The second-order valence-corrected chi connectivity index (χ2v) is 8.81. The van der Waals surface area contributed by atoms with Crippen molar-refractivity contribution in [1.29, 1.82) is 0 Å². The van der Waals surface area contributed by atoms with Gasteiger partial charge in [0.25, 0.3) is 0 Å². The van der Waals surface area contributed by atoms with Crippen molar-refractivity contribution in [3.8, 4) is 0 Å². The molecular weight excluding hydrogens is 372 g/mol. The average molecular weight is 400 g/mol.